The number of carbonyl (C=O) groups is 2. The molecule has 2 amide bonds. The zero-order chi connectivity index (χ0) is 15.3. The number of nitrogens with one attached hydrogen (secondary N) is 1. The lowest BCUT2D eigenvalue weighted by molar-refractivity contribution is -0.119. The maximum Gasteiger partial charge on any atom is 0.253 e. The van der Waals surface area contributed by atoms with Crippen LogP contribution in [0.15, 0.2) is 24.3 Å². The van der Waals surface area contributed by atoms with Crippen LogP contribution in [0.2, 0.25) is 0 Å². The predicted octanol–water partition coefficient (Wildman–Crippen LogP) is 1.17. The standard InChI is InChI=1S/C15H22N2O3/c1-11(18)16-9-12-5-7-13(8-6-12)14(19)17(4)10-15(2,3)20/h5-8,20H,9-10H2,1-4H3,(H,16,18). The van der Waals surface area contributed by atoms with E-state index in [2.05, 4.69) is 5.32 Å². The van der Waals surface area contributed by atoms with Gasteiger partial charge >= 0.3 is 0 Å². The molecule has 110 valence electrons. The van der Waals surface area contributed by atoms with Gasteiger partial charge in [0.1, 0.15) is 0 Å². The van der Waals surface area contributed by atoms with Gasteiger partial charge in [0.15, 0.2) is 0 Å². The Morgan fingerprint density at radius 2 is 1.80 bits per heavy atom. The normalized spacial score (nSPS) is 11.1. The Balaban J connectivity index is 2.68. The van der Waals surface area contributed by atoms with Crippen molar-refractivity contribution in [1.29, 1.82) is 0 Å². The number of aliphatic hydroxyl groups is 1. The molecule has 0 unspecified atom stereocenters. The fourth-order valence-electron chi connectivity index (χ4n) is 1.86. The minimum atomic E-state index is -0.921. The molecule has 2 N–H and O–H groups in total. The van der Waals surface area contributed by atoms with E-state index in [9.17, 15) is 14.7 Å². The van der Waals surface area contributed by atoms with E-state index in [0.29, 0.717) is 12.1 Å². The molecule has 0 aromatic heterocycles. The zero-order valence-corrected chi connectivity index (χ0v) is 12.4. The molecule has 0 saturated heterocycles. The van der Waals surface area contributed by atoms with Crippen LogP contribution in [0.4, 0.5) is 0 Å². The van der Waals surface area contributed by atoms with E-state index < -0.39 is 5.60 Å². The lowest BCUT2D eigenvalue weighted by Crippen LogP contribution is -2.39. The molecular weight excluding hydrogens is 256 g/mol. The highest BCUT2D eigenvalue weighted by Gasteiger charge is 2.20. The van der Waals surface area contributed by atoms with Gasteiger partial charge in [0.2, 0.25) is 5.91 Å². The smallest absolute Gasteiger partial charge is 0.253 e. The van der Waals surface area contributed by atoms with E-state index in [1.807, 2.05) is 0 Å². The molecule has 0 radical (unpaired) electrons. The van der Waals surface area contributed by atoms with Crippen molar-refractivity contribution in [2.45, 2.75) is 32.9 Å². The van der Waals surface area contributed by atoms with Crippen molar-refractivity contribution < 1.29 is 14.7 Å². The first-order chi connectivity index (χ1) is 9.19. The Labute approximate surface area is 119 Å². The first kappa shape index (κ1) is 16.2. The third kappa shape index (κ3) is 5.40. The molecule has 0 aliphatic carbocycles. The molecule has 5 nitrogen and oxygen atoms in total. The molecule has 1 aromatic carbocycles. The van der Waals surface area contributed by atoms with Crippen molar-refractivity contribution in [1.82, 2.24) is 10.2 Å². The van der Waals surface area contributed by atoms with E-state index >= 15 is 0 Å². The molecule has 1 aromatic rings. The third-order valence-electron chi connectivity index (χ3n) is 2.71. The summed E-state index contributed by atoms with van der Waals surface area (Å²) in [4.78, 5) is 24.5. The highest BCUT2D eigenvalue weighted by atomic mass is 16.3. The van der Waals surface area contributed by atoms with Crippen LogP contribution in [-0.2, 0) is 11.3 Å². The molecule has 0 heterocycles. The minimum Gasteiger partial charge on any atom is -0.389 e. The van der Waals surface area contributed by atoms with Crippen LogP contribution in [-0.4, -0.2) is 41.0 Å². The fourth-order valence-corrected chi connectivity index (χ4v) is 1.86. The van der Waals surface area contributed by atoms with Crippen LogP contribution < -0.4 is 5.32 Å². The van der Waals surface area contributed by atoms with Crippen LogP contribution in [0.3, 0.4) is 0 Å². The average Bonchev–Trinajstić information content (AvgIpc) is 2.34. The van der Waals surface area contributed by atoms with Gasteiger partial charge in [0, 0.05) is 32.6 Å². The zero-order valence-electron chi connectivity index (χ0n) is 12.4. The van der Waals surface area contributed by atoms with E-state index in [4.69, 9.17) is 0 Å². The van der Waals surface area contributed by atoms with Gasteiger partial charge in [-0.3, -0.25) is 9.59 Å². The van der Waals surface area contributed by atoms with E-state index in [0.717, 1.165) is 5.56 Å². The molecular formula is C15H22N2O3. The predicted molar refractivity (Wildman–Crippen MR) is 77.2 cm³/mol. The number of amides is 2. The Morgan fingerprint density at radius 3 is 2.25 bits per heavy atom. The third-order valence-corrected chi connectivity index (χ3v) is 2.71. The van der Waals surface area contributed by atoms with Gasteiger partial charge in [0.05, 0.1) is 5.60 Å². The number of rotatable bonds is 5. The van der Waals surface area contributed by atoms with Crippen LogP contribution in [0.1, 0.15) is 36.7 Å². The highest BCUT2D eigenvalue weighted by molar-refractivity contribution is 5.94. The molecule has 5 heteroatoms. The number of hydrogen-bond acceptors (Lipinski definition) is 3. The summed E-state index contributed by atoms with van der Waals surface area (Å²) in [5.74, 6) is -0.228. The van der Waals surface area contributed by atoms with Crippen LogP contribution in [0.5, 0.6) is 0 Å². The van der Waals surface area contributed by atoms with Gasteiger partial charge in [-0.2, -0.15) is 0 Å². The van der Waals surface area contributed by atoms with E-state index in [1.54, 1.807) is 45.2 Å². The summed E-state index contributed by atoms with van der Waals surface area (Å²) < 4.78 is 0. The number of nitrogens with zero attached hydrogens (tertiary/aromatic N) is 1. The van der Waals surface area contributed by atoms with Crippen LogP contribution in [0.25, 0.3) is 0 Å². The van der Waals surface area contributed by atoms with Crippen molar-refractivity contribution in [2.75, 3.05) is 13.6 Å². The van der Waals surface area contributed by atoms with Gasteiger partial charge in [-0.15, -0.1) is 0 Å². The number of carbonyl (C=O) groups excluding carboxylic acids is 2. The monoisotopic (exact) mass is 278 g/mol. The highest BCUT2D eigenvalue weighted by Crippen LogP contribution is 2.10. The Hall–Kier alpha value is -1.88. The second-order valence-electron chi connectivity index (χ2n) is 5.58. The summed E-state index contributed by atoms with van der Waals surface area (Å²) in [7, 11) is 1.66. The number of hydrogen-bond donors (Lipinski definition) is 2. The van der Waals surface area contributed by atoms with Crippen molar-refractivity contribution in [3.8, 4) is 0 Å². The molecule has 0 aliphatic heterocycles. The summed E-state index contributed by atoms with van der Waals surface area (Å²) in [5, 5.41) is 12.4. The fraction of sp³-hybridized carbons (Fsp3) is 0.467. The first-order valence-corrected chi connectivity index (χ1v) is 6.50. The lowest BCUT2D eigenvalue weighted by Gasteiger charge is -2.25. The first-order valence-electron chi connectivity index (χ1n) is 6.50. The largest absolute Gasteiger partial charge is 0.389 e. The molecule has 0 bridgehead atoms. The number of benzene rings is 1. The summed E-state index contributed by atoms with van der Waals surface area (Å²) in [6.07, 6.45) is 0. The van der Waals surface area contributed by atoms with Gasteiger partial charge in [-0.1, -0.05) is 12.1 Å². The Morgan fingerprint density at radius 1 is 1.25 bits per heavy atom. The van der Waals surface area contributed by atoms with Crippen molar-refractivity contribution in [3.63, 3.8) is 0 Å². The minimum absolute atomic E-state index is 0.0879. The lowest BCUT2D eigenvalue weighted by atomic mass is 10.1. The molecule has 0 saturated carbocycles. The second kappa shape index (κ2) is 6.52. The van der Waals surface area contributed by atoms with E-state index in [1.165, 1.54) is 11.8 Å². The summed E-state index contributed by atoms with van der Waals surface area (Å²) in [5.41, 5.74) is 0.570. The summed E-state index contributed by atoms with van der Waals surface area (Å²) >= 11 is 0. The molecule has 1 rings (SSSR count). The quantitative estimate of drug-likeness (QED) is 0.849. The van der Waals surface area contributed by atoms with Crippen molar-refractivity contribution in [2.24, 2.45) is 0 Å². The van der Waals surface area contributed by atoms with Gasteiger partial charge in [-0.25, -0.2) is 0 Å². The molecule has 0 atom stereocenters. The maximum absolute atomic E-state index is 12.1. The summed E-state index contributed by atoms with van der Waals surface area (Å²) in [6, 6.07) is 7.06. The Kier molecular flexibility index (Phi) is 5.27. The van der Waals surface area contributed by atoms with Gasteiger partial charge in [-0.05, 0) is 31.5 Å². The maximum atomic E-state index is 12.1. The van der Waals surface area contributed by atoms with Crippen LogP contribution >= 0.6 is 0 Å². The van der Waals surface area contributed by atoms with Crippen molar-refractivity contribution in [3.05, 3.63) is 35.4 Å². The SMILES string of the molecule is CC(=O)NCc1ccc(C(=O)N(C)CC(C)(C)O)cc1. The summed E-state index contributed by atoms with van der Waals surface area (Å²) in [6.45, 7) is 5.49. The molecule has 20 heavy (non-hydrogen) atoms. The second-order valence-corrected chi connectivity index (χ2v) is 5.58. The van der Waals surface area contributed by atoms with Crippen molar-refractivity contribution >= 4 is 11.8 Å². The molecule has 0 aliphatic rings. The molecule has 0 fully saturated rings. The number of likely N-dealkylation sites (N-methyl/N-ethyl adjacent to an activating group) is 1. The van der Waals surface area contributed by atoms with Gasteiger partial charge in [0.25, 0.3) is 5.91 Å². The Bertz CT molecular complexity index is 475. The molecule has 0 spiro atoms. The average molecular weight is 278 g/mol. The van der Waals surface area contributed by atoms with Crippen LogP contribution in [0, 0.1) is 0 Å². The van der Waals surface area contributed by atoms with Gasteiger partial charge < -0.3 is 15.3 Å². The topological polar surface area (TPSA) is 69.6 Å². The van der Waals surface area contributed by atoms with E-state index in [-0.39, 0.29) is 18.4 Å².